The largest absolute Gasteiger partial charge is 0.342 e. The molecule has 1 saturated heterocycles. The summed E-state index contributed by atoms with van der Waals surface area (Å²) in [6.45, 7) is 1.83. The van der Waals surface area contributed by atoms with E-state index in [0.717, 1.165) is 45.2 Å². The SMILES string of the molecule is N[C@@H]1CC[C@@H](C(=O)N2CCC[C@H](c3ccccc3)CC2)C1. The lowest BCUT2D eigenvalue weighted by Gasteiger charge is -2.24. The zero-order valence-corrected chi connectivity index (χ0v) is 12.7. The van der Waals surface area contributed by atoms with Crippen LogP contribution in [0.15, 0.2) is 30.3 Å². The molecule has 114 valence electrons. The van der Waals surface area contributed by atoms with E-state index < -0.39 is 0 Å². The molecule has 0 bridgehead atoms. The third kappa shape index (κ3) is 3.46. The van der Waals surface area contributed by atoms with Gasteiger partial charge in [0.2, 0.25) is 5.91 Å². The second-order valence-electron chi connectivity index (χ2n) is 6.63. The maximum atomic E-state index is 12.6. The number of carbonyl (C=O) groups is 1. The highest BCUT2D eigenvalue weighted by molar-refractivity contribution is 5.79. The quantitative estimate of drug-likeness (QED) is 0.908. The summed E-state index contributed by atoms with van der Waals surface area (Å²) in [4.78, 5) is 14.7. The standard InChI is InChI=1S/C18H26N2O/c19-17-9-8-16(13-17)18(21)20-11-4-7-15(10-12-20)14-5-2-1-3-6-14/h1-3,5-6,15-17H,4,7-13,19H2/t15-,16+,17+/m0/s1. The molecule has 2 aliphatic rings. The number of nitrogens with zero attached hydrogens (tertiary/aromatic N) is 1. The van der Waals surface area contributed by atoms with Gasteiger partial charge >= 0.3 is 0 Å². The van der Waals surface area contributed by atoms with Crippen molar-refractivity contribution >= 4 is 5.91 Å². The molecular weight excluding hydrogens is 260 g/mol. The summed E-state index contributed by atoms with van der Waals surface area (Å²) in [6, 6.07) is 11.0. The van der Waals surface area contributed by atoms with Crippen molar-refractivity contribution < 1.29 is 4.79 Å². The van der Waals surface area contributed by atoms with Crippen LogP contribution in [0.5, 0.6) is 0 Å². The number of nitrogens with two attached hydrogens (primary N) is 1. The van der Waals surface area contributed by atoms with Crippen molar-refractivity contribution in [1.29, 1.82) is 0 Å². The molecule has 1 saturated carbocycles. The second kappa shape index (κ2) is 6.61. The fraction of sp³-hybridized carbons (Fsp3) is 0.611. The highest BCUT2D eigenvalue weighted by Gasteiger charge is 2.32. The van der Waals surface area contributed by atoms with Crippen molar-refractivity contribution in [3.8, 4) is 0 Å². The predicted octanol–water partition coefficient (Wildman–Crippen LogP) is 2.91. The number of rotatable bonds is 2. The molecule has 0 radical (unpaired) electrons. The van der Waals surface area contributed by atoms with E-state index in [0.29, 0.717) is 11.8 Å². The molecule has 3 nitrogen and oxygen atoms in total. The van der Waals surface area contributed by atoms with Gasteiger partial charge in [-0.1, -0.05) is 30.3 Å². The average molecular weight is 286 g/mol. The molecule has 1 heterocycles. The van der Waals surface area contributed by atoms with Gasteiger partial charge < -0.3 is 10.6 Å². The summed E-state index contributed by atoms with van der Waals surface area (Å²) in [5, 5.41) is 0. The van der Waals surface area contributed by atoms with E-state index in [1.165, 1.54) is 12.0 Å². The van der Waals surface area contributed by atoms with Gasteiger partial charge in [0, 0.05) is 25.0 Å². The van der Waals surface area contributed by atoms with E-state index >= 15 is 0 Å². The minimum absolute atomic E-state index is 0.188. The minimum atomic E-state index is 0.188. The first-order chi connectivity index (χ1) is 10.2. The molecule has 2 fully saturated rings. The molecule has 3 rings (SSSR count). The molecule has 0 spiro atoms. The third-order valence-electron chi connectivity index (χ3n) is 5.13. The summed E-state index contributed by atoms with van der Waals surface area (Å²) in [7, 11) is 0. The fourth-order valence-corrected chi connectivity index (χ4v) is 3.87. The summed E-state index contributed by atoms with van der Waals surface area (Å²) in [5.74, 6) is 1.15. The molecule has 1 aromatic carbocycles. The highest BCUT2D eigenvalue weighted by Crippen LogP contribution is 2.31. The smallest absolute Gasteiger partial charge is 0.225 e. The van der Waals surface area contributed by atoms with Gasteiger partial charge in [0.25, 0.3) is 0 Å². The fourth-order valence-electron chi connectivity index (χ4n) is 3.87. The van der Waals surface area contributed by atoms with E-state index in [1.807, 2.05) is 0 Å². The van der Waals surface area contributed by atoms with Crippen LogP contribution in [0.1, 0.15) is 50.0 Å². The van der Waals surface area contributed by atoms with Crippen LogP contribution in [0.4, 0.5) is 0 Å². The van der Waals surface area contributed by atoms with Crippen LogP contribution in [0.25, 0.3) is 0 Å². The van der Waals surface area contributed by atoms with E-state index in [-0.39, 0.29) is 12.0 Å². The Kier molecular flexibility index (Phi) is 4.59. The van der Waals surface area contributed by atoms with E-state index in [1.54, 1.807) is 0 Å². The van der Waals surface area contributed by atoms with Gasteiger partial charge in [-0.2, -0.15) is 0 Å². The van der Waals surface area contributed by atoms with Gasteiger partial charge in [0.15, 0.2) is 0 Å². The topological polar surface area (TPSA) is 46.3 Å². The van der Waals surface area contributed by atoms with Crippen molar-refractivity contribution in [2.24, 2.45) is 11.7 Å². The molecule has 1 aliphatic carbocycles. The minimum Gasteiger partial charge on any atom is -0.342 e. The lowest BCUT2D eigenvalue weighted by atomic mass is 9.92. The van der Waals surface area contributed by atoms with Crippen LogP contribution >= 0.6 is 0 Å². The van der Waals surface area contributed by atoms with Gasteiger partial charge in [0.05, 0.1) is 0 Å². The maximum Gasteiger partial charge on any atom is 0.225 e. The molecule has 3 heteroatoms. The number of hydrogen-bond donors (Lipinski definition) is 1. The first-order valence-corrected chi connectivity index (χ1v) is 8.33. The number of carbonyl (C=O) groups excluding carboxylic acids is 1. The second-order valence-corrected chi connectivity index (χ2v) is 6.63. The van der Waals surface area contributed by atoms with Crippen LogP contribution in [-0.4, -0.2) is 29.9 Å². The Balaban J connectivity index is 1.59. The Morgan fingerprint density at radius 3 is 2.57 bits per heavy atom. The van der Waals surface area contributed by atoms with Crippen LogP contribution in [0, 0.1) is 5.92 Å². The Bertz CT molecular complexity index is 473. The summed E-state index contributed by atoms with van der Waals surface area (Å²) >= 11 is 0. The van der Waals surface area contributed by atoms with E-state index in [4.69, 9.17) is 5.73 Å². The van der Waals surface area contributed by atoms with Crippen LogP contribution in [0.3, 0.4) is 0 Å². The van der Waals surface area contributed by atoms with E-state index in [2.05, 4.69) is 35.2 Å². The molecule has 1 aromatic rings. The summed E-state index contributed by atoms with van der Waals surface area (Å²) in [5.41, 5.74) is 7.38. The lowest BCUT2D eigenvalue weighted by Crippen LogP contribution is -2.36. The number of benzene rings is 1. The molecule has 21 heavy (non-hydrogen) atoms. The van der Waals surface area contributed by atoms with Crippen molar-refractivity contribution in [2.45, 2.75) is 50.5 Å². The maximum absolute atomic E-state index is 12.6. The average Bonchev–Trinajstić information content (AvgIpc) is 2.81. The Hall–Kier alpha value is -1.35. The molecular formula is C18H26N2O. The van der Waals surface area contributed by atoms with Gasteiger partial charge in [-0.3, -0.25) is 4.79 Å². The molecule has 1 aliphatic heterocycles. The van der Waals surface area contributed by atoms with Crippen molar-refractivity contribution in [2.75, 3.05) is 13.1 Å². The first kappa shape index (κ1) is 14.6. The molecule has 1 amide bonds. The van der Waals surface area contributed by atoms with Crippen molar-refractivity contribution in [1.82, 2.24) is 4.90 Å². The molecule has 0 unspecified atom stereocenters. The number of hydrogen-bond acceptors (Lipinski definition) is 2. The summed E-state index contributed by atoms with van der Waals surface area (Å²) < 4.78 is 0. The van der Waals surface area contributed by atoms with Crippen molar-refractivity contribution in [3.63, 3.8) is 0 Å². The van der Waals surface area contributed by atoms with Crippen LogP contribution in [-0.2, 0) is 4.79 Å². The van der Waals surface area contributed by atoms with E-state index in [9.17, 15) is 4.79 Å². The zero-order chi connectivity index (χ0) is 14.7. The number of amides is 1. The molecule has 2 N–H and O–H groups in total. The lowest BCUT2D eigenvalue weighted by molar-refractivity contribution is -0.135. The third-order valence-corrected chi connectivity index (χ3v) is 5.13. The van der Waals surface area contributed by atoms with Crippen LogP contribution < -0.4 is 5.73 Å². The highest BCUT2D eigenvalue weighted by atomic mass is 16.2. The van der Waals surface area contributed by atoms with Crippen LogP contribution in [0.2, 0.25) is 0 Å². The van der Waals surface area contributed by atoms with Gasteiger partial charge in [-0.05, 0) is 50.0 Å². The monoisotopic (exact) mass is 286 g/mol. The zero-order valence-electron chi connectivity index (χ0n) is 12.7. The Labute approximate surface area is 127 Å². The first-order valence-electron chi connectivity index (χ1n) is 8.33. The van der Waals surface area contributed by atoms with Gasteiger partial charge in [0.1, 0.15) is 0 Å². The number of likely N-dealkylation sites (tertiary alicyclic amines) is 1. The van der Waals surface area contributed by atoms with Gasteiger partial charge in [-0.15, -0.1) is 0 Å². The Morgan fingerprint density at radius 1 is 1.05 bits per heavy atom. The molecule has 0 aromatic heterocycles. The normalized spacial score (nSPS) is 30.1. The molecule has 3 atom stereocenters. The van der Waals surface area contributed by atoms with Crippen molar-refractivity contribution in [3.05, 3.63) is 35.9 Å². The Morgan fingerprint density at radius 2 is 1.86 bits per heavy atom. The van der Waals surface area contributed by atoms with Gasteiger partial charge in [-0.25, -0.2) is 0 Å². The predicted molar refractivity (Wildman–Crippen MR) is 84.9 cm³/mol. The summed E-state index contributed by atoms with van der Waals surface area (Å²) in [6.07, 6.45) is 6.28.